The van der Waals surface area contributed by atoms with Gasteiger partial charge in [-0.05, 0) is 50.6 Å². The molecule has 0 aliphatic rings. The van der Waals surface area contributed by atoms with Crippen molar-refractivity contribution in [1.82, 2.24) is 20.2 Å². The first kappa shape index (κ1) is 27.6. The number of aromatic nitrogens is 2. The summed E-state index contributed by atoms with van der Waals surface area (Å²) in [6.45, 7) is 3.14. The topological polar surface area (TPSA) is 160 Å². The average molecular weight is 495 g/mol. The van der Waals surface area contributed by atoms with E-state index in [4.69, 9.17) is 32.9 Å². The highest BCUT2D eigenvalue weighted by Crippen LogP contribution is 2.18. The standard InChI is InChI=1S/C23H35ClN6O4/c1-3-5-16(12-27-23(33)19-21(25)29-22(26)20(24)28-19)30(2)11-4-6-15-7-9-18(10-8-15)34-14-17(32)13-31/h7-10,16-17,31-32H,3-6,11-14H2,1-2H3,(H,27,33)(H4,25,26,29)/t16-,17?/m0/s1. The predicted octanol–water partition coefficient (Wildman–Crippen LogP) is 1.49. The van der Waals surface area contributed by atoms with Crippen molar-refractivity contribution >= 4 is 29.1 Å². The Morgan fingerprint density at radius 3 is 2.59 bits per heavy atom. The van der Waals surface area contributed by atoms with Crippen LogP contribution in [-0.4, -0.2) is 76.5 Å². The maximum Gasteiger partial charge on any atom is 0.273 e. The van der Waals surface area contributed by atoms with E-state index in [1.165, 1.54) is 5.56 Å². The monoisotopic (exact) mass is 494 g/mol. The van der Waals surface area contributed by atoms with E-state index in [0.29, 0.717) is 12.3 Å². The number of aliphatic hydroxyl groups is 2. The van der Waals surface area contributed by atoms with Crippen LogP contribution in [0.25, 0.3) is 0 Å². The Hall–Kier alpha value is -2.66. The van der Waals surface area contributed by atoms with Crippen LogP contribution in [0.4, 0.5) is 11.6 Å². The van der Waals surface area contributed by atoms with Crippen LogP contribution >= 0.6 is 11.6 Å². The highest BCUT2D eigenvalue weighted by Gasteiger charge is 2.19. The van der Waals surface area contributed by atoms with Gasteiger partial charge in [-0.1, -0.05) is 37.1 Å². The fourth-order valence-electron chi connectivity index (χ4n) is 3.43. The molecule has 0 radical (unpaired) electrons. The van der Waals surface area contributed by atoms with Gasteiger partial charge < -0.3 is 36.6 Å². The summed E-state index contributed by atoms with van der Waals surface area (Å²) < 4.78 is 5.43. The Kier molecular flexibility index (Phi) is 11.3. The van der Waals surface area contributed by atoms with E-state index < -0.39 is 12.0 Å². The van der Waals surface area contributed by atoms with Crippen LogP contribution in [0.15, 0.2) is 24.3 Å². The third-order valence-electron chi connectivity index (χ3n) is 5.42. The molecule has 1 aromatic heterocycles. The number of hydrogen-bond acceptors (Lipinski definition) is 9. The molecule has 1 unspecified atom stereocenters. The molecule has 1 amide bonds. The molecule has 0 spiro atoms. The lowest BCUT2D eigenvalue weighted by Gasteiger charge is -2.28. The van der Waals surface area contributed by atoms with E-state index in [2.05, 4.69) is 27.1 Å². The second kappa shape index (κ2) is 13.9. The summed E-state index contributed by atoms with van der Waals surface area (Å²) in [5, 5.41) is 21.0. The molecule has 188 valence electrons. The Morgan fingerprint density at radius 1 is 1.24 bits per heavy atom. The Morgan fingerprint density at radius 2 is 1.94 bits per heavy atom. The number of likely N-dealkylation sites (N-methyl/N-ethyl adjacent to an activating group) is 1. The molecule has 0 aliphatic heterocycles. The van der Waals surface area contributed by atoms with Gasteiger partial charge in [-0.25, -0.2) is 9.97 Å². The van der Waals surface area contributed by atoms with Crippen molar-refractivity contribution in [2.45, 2.75) is 44.8 Å². The maximum atomic E-state index is 12.5. The fourth-order valence-corrected chi connectivity index (χ4v) is 3.55. The van der Waals surface area contributed by atoms with Gasteiger partial charge in [-0.15, -0.1) is 0 Å². The van der Waals surface area contributed by atoms with Crippen LogP contribution in [0, 0.1) is 0 Å². The predicted molar refractivity (Wildman–Crippen MR) is 133 cm³/mol. The molecule has 1 aromatic carbocycles. The third kappa shape index (κ3) is 8.60. The minimum absolute atomic E-state index is 0.0121. The van der Waals surface area contributed by atoms with Crippen molar-refractivity contribution in [2.75, 3.05) is 44.8 Å². The summed E-state index contributed by atoms with van der Waals surface area (Å²) in [4.78, 5) is 22.6. The van der Waals surface area contributed by atoms with Gasteiger partial charge in [0.2, 0.25) is 0 Å². The van der Waals surface area contributed by atoms with Crippen LogP contribution in [0.1, 0.15) is 42.2 Å². The lowest BCUT2D eigenvalue weighted by Crippen LogP contribution is -2.42. The molecule has 1 heterocycles. The van der Waals surface area contributed by atoms with Crippen LogP contribution in [0.5, 0.6) is 5.75 Å². The minimum Gasteiger partial charge on any atom is -0.491 e. The zero-order valence-corrected chi connectivity index (χ0v) is 20.5. The van der Waals surface area contributed by atoms with Crippen LogP contribution < -0.4 is 21.5 Å². The number of halogens is 1. The molecule has 0 fully saturated rings. The number of nitrogen functional groups attached to an aromatic ring is 2. The molecule has 2 rings (SSSR count). The van der Waals surface area contributed by atoms with Gasteiger partial charge in [0.05, 0.1) is 6.61 Å². The summed E-state index contributed by atoms with van der Waals surface area (Å²) in [6, 6.07) is 7.86. The smallest absolute Gasteiger partial charge is 0.273 e. The van der Waals surface area contributed by atoms with Gasteiger partial charge >= 0.3 is 0 Å². The summed E-state index contributed by atoms with van der Waals surface area (Å²) in [6.07, 6.45) is 2.86. The molecule has 11 heteroatoms. The van der Waals surface area contributed by atoms with E-state index in [-0.39, 0.29) is 41.7 Å². The number of aryl methyl sites for hydroxylation is 1. The van der Waals surface area contributed by atoms with E-state index in [1.54, 1.807) is 0 Å². The number of nitrogens with two attached hydrogens (primary N) is 2. The first-order chi connectivity index (χ1) is 16.2. The quantitative estimate of drug-likeness (QED) is 0.262. The number of rotatable bonds is 14. The van der Waals surface area contributed by atoms with Crippen molar-refractivity contribution in [2.24, 2.45) is 0 Å². The number of aliphatic hydroxyl groups excluding tert-OH is 2. The van der Waals surface area contributed by atoms with Crippen LogP contribution in [0.2, 0.25) is 5.15 Å². The van der Waals surface area contributed by atoms with Crippen molar-refractivity contribution < 1.29 is 19.7 Å². The van der Waals surface area contributed by atoms with Gasteiger partial charge in [-0.2, -0.15) is 0 Å². The molecule has 34 heavy (non-hydrogen) atoms. The molecule has 2 atom stereocenters. The van der Waals surface area contributed by atoms with E-state index in [1.807, 2.05) is 31.3 Å². The summed E-state index contributed by atoms with van der Waals surface area (Å²) in [7, 11) is 2.05. The SMILES string of the molecule is CCC[C@@H](CNC(=O)c1nc(Cl)c(N)nc1N)N(C)CCCc1ccc(OCC(O)CO)cc1. The van der Waals surface area contributed by atoms with E-state index >= 15 is 0 Å². The summed E-state index contributed by atoms with van der Waals surface area (Å²) >= 11 is 5.87. The normalized spacial score (nSPS) is 13.0. The number of nitrogens with zero attached hydrogens (tertiary/aromatic N) is 3. The van der Waals surface area contributed by atoms with Gasteiger partial charge in [0.15, 0.2) is 22.5 Å². The highest BCUT2D eigenvalue weighted by atomic mass is 35.5. The molecule has 0 saturated heterocycles. The molecule has 0 aliphatic carbocycles. The van der Waals surface area contributed by atoms with Gasteiger partial charge in [0.1, 0.15) is 18.5 Å². The maximum absolute atomic E-state index is 12.5. The average Bonchev–Trinajstić information content (AvgIpc) is 2.82. The van der Waals surface area contributed by atoms with Crippen molar-refractivity contribution in [3.05, 3.63) is 40.7 Å². The second-order valence-electron chi connectivity index (χ2n) is 8.16. The van der Waals surface area contributed by atoms with E-state index in [0.717, 1.165) is 32.2 Å². The number of benzene rings is 1. The first-order valence-electron chi connectivity index (χ1n) is 11.3. The highest BCUT2D eigenvalue weighted by molar-refractivity contribution is 6.31. The molecule has 2 aromatic rings. The number of ether oxygens (including phenoxy) is 1. The lowest BCUT2D eigenvalue weighted by atomic mass is 10.1. The molecular weight excluding hydrogens is 460 g/mol. The number of amides is 1. The van der Waals surface area contributed by atoms with Crippen molar-refractivity contribution in [1.29, 1.82) is 0 Å². The first-order valence-corrected chi connectivity index (χ1v) is 11.7. The van der Waals surface area contributed by atoms with Crippen LogP contribution in [-0.2, 0) is 6.42 Å². The summed E-state index contributed by atoms with van der Waals surface area (Å²) in [5.74, 6) is 0.151. The van der Waals surface area contributed by atoms with Gasteiger partial charge in [0.25, 0.3) is 5.91 Å². The number of hydrogen-bond donors (Lipinski definition) is 5. The number of anilines is 2. The number of nitrogens with one attached hydrogen (secondary N) is 1. The molecule has 0 saturated carbocycles. The molecule has 0 bridgehead atoms. The number of carbonyl (C=O) groups is 1. The Balaban J connectivity index is 1.82. The Labute approximate surface area is 205 Å². The van der Waals surface area contributed by atoms with Crippen molar-refractivity contribution in [3.63, 3.8) is 0 Å². The zero-order chi connectivity index (χ0) is 25.1. The largest absolute Gasteiger partial charge is 0.491 e. The van der Waals surface area contributed by atoms with E-state index in [9.17, 15) is 9.90 Å². The molecule has 7 N–H and O–H groups in total. The lowest BCUT2D eigenvalue weighted by molar-refractivity contribution is 0.0536. The Bertz CT molecular complexity index is 915. The summed E-state index contributed by atoms with van der Waals surface area (Å²) in [5.41, 5.74) is 12.5. The molecular formula is C23H35ClN6O4. The second-order valence-corrected chi connectivity index (χ2v) is 8.52. The van der Waals surface area contributed by atoms with Crippen molar-refractivity contribution in [3.8, 4) is 5.75 Å². The third-order valence-corrected chi connectivity index (χ3v) is 5.69. The minimum atomic E-state index is -0.884. The zero-order valence-electron chi connectivity index (χ0n) is 19.7. The van der Waals surface area contributed by atoms with Gasteiger partial charge in [-0.3, -0.25) is 4.79 Å². The molecule has 10 nitrogen and oxygen atoms in total. The number of carbonyl (C=O) groups excluding carboxylic acids is 1. The fraction of sp³-hybridized carbons (Fsp3) is 0.522. The van der Waals surface area contributed by atoms with Crippen LogP contribution in [0.3, 0.4) is 0 Å². The van der Waals surface area contributed by atoms with Gasteiger partial charge in [0, 0.05) is 12.6 Å².